The van der Waals surface area contributed by atoms with Gasteiger partial charge in [-0.3, -0.25) is 19.3 Å². The van der Waals surface area contributed by atoms with Gasteiger partial charge < -0.3 is 36.0 Å². The number of piperazine rings is 1. The van der Waals surface area contributed by atoms with Crippen molar-refractivity contribution in [1.82, 2.24) is 29.9 Å². The van der Waals surface area contributed by atoms with Crippen molar-refractivity contribution >= 4 is 34.2 Å². The van der Waals surface area contributed by atoms with E-state index in [9.17, 15) is 19.8 Å². The molecular weight excluding hydrogens is 691 g/mol. The number of aliphatic hydroxyl groups excluding tert-OH is 2. The molecule has 0 spiro atoms. The SMILES string of the molecule is CC(C)C[C@H](O)[C@H](O)[C@H](CC1CCCCC1)N(CC(=O)N(C)CCN1CCN(C)CC1)C(=O)[C@@H](CC(=O)N[C@@H](C)c1ccccc1)Cc1csc(N)n1. The van der Waals surface area contributed by atoms with Crippen LogP contribution in [0.1, 0.15) is 89.4 Å². The number of nitrogens with two attached hydrogens (primary N) is 1. The average molecular weight is 756 g/mol. The summed E-state index contributed by atoms with van der Waals surface area (Å²) in [6.45, 7) is 10.6. The summed E-state index contributed by atoms with van der Waals surface area (Å²) in [4.78, 5) is 55.1. The van der Waals surface area contributed by atoms with Crippen molar-refractivity contribution in [3.63, 3.8) is 0 Å². The molecule has 3 amide bonds. The molecule has 2 aliphatic rings. The number of thiazole rings is 1. The summed E-state index contributed by atoms with van der Waals surface area (Å²) in [5.41, 5.74) is 7.53. The van der Waals surface area contributed by atoms with Gasteiger partial charge in [0.2, 0.25) is 17.7 Å². The Morgan fingerprint density at radius 2 is 1.72 bits per heavy atom. The van der Waals surface area contributed by atoms with Crippen LogP contribution in [0.2, 0.25) is 0 Å². The molecule has 5 atom stereocenters. The van der Waals surface area contributed by atoms with Crippen LogP contribution in [-0.2, 0) is 20.8 Å². The fourth-order valence-corrected chi connectivity index (χ4v) is 8.28. The van der Waals surface area contributed by atoms with Gasteiger partial charge in [0.15, 0.2) is 5.13 Å². The van der Waals surface area contributed by atoms with Crippen molar-refractivity contribution in [2.75, 3.05) is 65.6 Å². The number of nitrogen functional groups attached to an aromatic ring is 1. The van der Waals surface area contributed by atoms with Crippen LogP contribution >= 0.6 is 11.3 Å². The monoisotopic (exact) mass is 755 g/mol. The summed E-state index contributed by atoms with van der Waals surface area (Å²) < 4.78 is 0. The van der Waals surface area contributed by atoms with E-state index in [1.165, 1.54) is 16.2 Å². The van der Waals surface area contributed by atoms with Gasteiger partial charge in [0.1, 0.15) is 12.6 Å². The summed E-state index contributed by atoms with van der Waals surface area (Å²) in [5, 5.41) is 28.5. The number of benzene rings is 1. The maximum absolute atomic E-state index is 15.1. The fraction of sp³-hybridized carbons (Fsp3) is 0.700. The predicted molar refractivity (Wildman–Crippen MR) is 211 cm³/mol. The van der Waals surface area contributed by atoms with Gasteiger partial charge in [0.05, 0.1) is 29.8 Å². The van der Waals surface area contributed by atoms with E-state index in [0.29, 0.717) is 30.2 Å². The van der Waals surface area contributed by atoms with Crippen molar-refractivity contribution in [3.05, 3.63) is 47.0 Å². The van der Waals surface area contributed by atoms with Gasteiger partial charge in [-0.1, -0.05) is 76.3 Å². The quantitative estimate of drug-likeness (QED) is 0.168. The summed E-state index contributed by atoms with van der Waals surface area (Å²) in [7, 11) is 3.87. The van der Waals surface area contributed by atoms with Crippen LogP contribution in [0.25, 0.3) is 0 Å². The Bertz CT molecular complexity index is 1410. The Hall–Kier alpha value is -3.10. The molecule has 1 aromatic heterocycles. The second-order valence-electron chi connectivity index (χ2n) is 15.9. The largest absolute Gasteiger partial charge is 0.390 e. The van der Waals surface area contributed by atoms with Crippen LogP contribution in [0.15, 0.2) is 35.7 Å². The minimum atomic E-state index is -1.27. The maximum Gasteiger partial charge on any atom is 0.241 e. The lowest BCUT2D eigenvalue weighted by atomic mass is 9.81. The van der Waals surface area contributed by atoms with Crippen molar-refractivity contribution in [1.29, 1.82) is 0 Å². The lowest BCUT2D eigenvalue weighted by Crippen LogP contribution is -2.57. The first-order valence-electron chi connectivity index (χ1n) is 19.7. The second-order valence-corrected chi connectivity index (χ2v) is 16.8. The lowest BCUT2D eigenvalue weighted by Gasteiger charge is -2.41. The standard InChI is InChI=1S/C40H65N7O5S/c1-28(2)22-35(48)38(51)34(23-30-12-8-6-9-13-30)47(26-37(50)45(5)18-21-46-19-16-44(4)17-20-46)39(52)32(24-33-27-53-40(41)43-33)25-36(49)42-29(3)31-14-10-7-11-15-31/h7,10-11,14-15,27-30,32,34-35,38,48,51H,6,8-9,12-13,16-26H2,1-5H3,(H2,41,43)(H,42,49)/t29-,32+,34-,35-,38+/m0/s1. The second kappa shape index (κ2) is 21.1. The van der Waals surface area contributed by atoms with E-state index in [1.807, 2.05) is 51.1 Å². The molecule has 1 saturated heterocycles. The number of nitrogens with zero attached hydrogens (tertiary/aromatic N) is 5. The molecule has 53 heavy (non-hydrogen) atoms. The summed E-state index contributed by atoms with van der Waals surface area (Å²) in [6.07, 6.45) is 3.67. The fourth-order valence-electron chi connectivity index (χ4n) is 7.71. The number of rotatable bonds is 19. The highest BCUT2D eigenvalue weighted by atomic mass is 32.1. The van der Waals surface area contributed by atoms with Crippen LogP contribution in [0.3, 0.4) is 0 Å². The van der Waals surface area contributed by atoms with Crippen molar-refractivity contribution in [3.8, 4) is 0 Å². The number of nitrogens with one attached hydrogen (secondary N) is 1. The van der Waals surface area contributed by atoms with E-state index in [0.717, 1.165) is 70.4 Å². The molecule has 13 heteroatoms. The zero-order valence-corrected chi connectivity index (χ0v) is 33.5. The van der Waals surface area contributed by atoms with E-state index in [4.69, 9.17) is 5.73 Å². The predicted octanol–water partition coefficient (Wildman–Crippen LogP) is 3.79. The Morgan fingerprint density at radius 3 is 2.34 bits per heavy atom. The van der Waals surface area contributed by atoms with Gasteiger partial charge in [-0.15, -0.1) is 11.3 Å². The van der Waals surface area contributed by atoms with Crippen LogP contribution in [0.4, 0.5) is 5.13 Å². The number of carbonyl (C=O) groups excluding carboxylic acids is 3. The van der Waals surface area contributed by atoms with Gasteiger partial charge >= 0.3 is 0 Å². The number of hydrogen-bond donors (Lipinski definition) is 4. The first-order valence-corrected chi connectivity index (χ1v) is 20.5. The first kappa shape index (κ1) is 42.6. The number of carbonyl (C=O) groups is 3. The molecule has 0 radical (unpaired) electrons. The molecule has 2 fully saturated rings. The third kappa shape index (κ3) is 13.6. The Balaban J connectivity index is 1.65. The molecule has 296 valence electrons. The number of likely N-dealkylation sites (N-methyl/N-ethyl adjacent to an activating group) is 2. The first-order chi connectivity index (χ1) is 25.3. The minimum Gasteiger partial charge on any atom is -0.390 e. The lowest BCUT2D eigenvalue weighted by molar-refractivity contribution is -0.151. The summed E-state index contributed by atoms with van der Waals surface area (Å²) in [6, 6.07) is 8.54. The van der Waals surface area contributed by atoms with E-state index < -0.39 is 30.1 Å². The molecule has 12 nitrogen and oxygen atoms in total. The molecule has 2 aromatic rings. The smallest absolute Gasteiger partial charge is 0.241 e. The van der Waals surface area contributed by atoms with Crippen molar-refractivity contribution in [2.24, 2.45) is 17.8 Å². The highest BCUT2D eigenvalue weighted by Gasteiger charge is 2.40. The van der Waals surface area contributed by atoms with Crippen LogP contribution in [0.5, 0.6) is 0 Å². The zero-order valence-electron chi connectivity index (χ0n) is 32.7. The molecule has 4 rings (SSSR count). The Morgan fingerprint density at radius 1 is 1.04 bits per heavy atom. The number of aromatic nitrogens is 1. The summed E-state index contributed by atoms with van der Waals surface area (Å²) in [5.74, 6) is -1.49. The normalized spacial score (nSPS) is 18.9. The van der Waals surface area contributed by atoms with Gasteiger partial charge in [-0.05, 0) is 44.2 Å². The third-order valence-corrected chi connectivity index (χ3v) is 11.8. The van der Waals surface area contributed by atoms with Gasteiger partial charge in [0, 0.05) is 64.5 Å². The molecule has 2 heterocycles. The summed E-state index contributed by atoms with van der Waals surface area (Å²) >= 11 is 1.27. The molecule has 5 N–H and O–H groups in total. The molecule has 0 unspecified atom stereocenters. The Kier molecular flexibility index (Phi) is 17.0. The van der Waals surface area contributed by atoms with Crippen molar-refractivity contribution < 1.29 is 24.6 Å². The van der Waals surface area contributed by atoms with Crippen LogP contribution < -0.4 is 11.1 Å². The maximum atomic E-state index is 15.1. The number of amides is 3. The van der Waals surface area contributed by atoms with Gasteiger partial charge in [-0.2, -0.15) is 0 Å². The average Bonchev–Trinajstić information content (AvgIpc) is 3.56. The van der Waals surface area contributed by atoms with E-state index >= 15 is 4.79 Å². The van der Waals surface area contributed by atoms with Crippen LogP contribution in [-0.4, -0.2) is 131 Å². The van der Waals surface area contributed by atoms with Crippen LogP contribution in [0, 0.1) is 17.8 Å². The molecule has 1 aromatic carbocycles. The molecule has 1 aliphatic heterocycles. The molecule has 1 aliphatic carbocycles. The van der Waals surface area contributed by atoms with E-state index in [1.54, 1.807) is 17.3 Å². The van der Waals surface area contributed by atoms with Gasteiger partial charge in [0.25, 0.3) is 0 Å². The number of aliphatic hydroxyl groups is 2. The number of anilines is 1. The minimum absolute atomic E-state index is 0.111. The van der Waals surface area contributed by atoms with E-state index in [-0.39, 0.29) is 49.1 Å². The molecule has 0 bridgehead atoms. The topological polar surface area (TPSA) is 156 Å². The zero-order chi connectivity index (χ0) is 38.5. The third-order valence-electron chi connectivity index (χ3n) is 11.0. The van der Waals surface area contributed by atoms with E-state index in [2.05, 4.69) is 27.1 Å². The number of hydrogen-bond acceptors (Lipinski definition) is 10. The highest BCUT2D eigenvalue weighted by molar-refractivity contribution is 7.13. The van der Waals surface area contributed by atoms with Crippen molar-refractivity contribution in [2.45, 2.75) is 103 Å². The molecular formula is C40H65N7O5S. The van der Waals surface area contributed by atoms with Gasteiger partial charge in [-0.25, -0.2) is 4.98 Å². The highest BCUT2D eigenvalue weighted by Crippen LogP contribution is 2.32. The molecule has 1 saturated carbocycles. The Labute approximate surface area is 321 Å².